The highest BCUT2D eigenvalue weighted by Crippen LogP contribution is 2.25. The Labute approximate surface area is 171 Å². The van der Waals surface area contributed by atoms with Gasteiger partial charge in [-0.1, -0.05) is 43.3 Å². The lowest BCUT2D eigenvalue weighted by molar-refractivity contribution is 0.0416. The predicted octanol–water partition coefficient (Wildman–Crippen LogP) is 3.83. The summed E-state index contributed by atoms with van der Waals surface area (Å²) in [5.41, 5.74) is 3.14. The SMILES string of the molecule is CCc1ccc(-c2nc(C(=O)OCCN3C(=O)c4ccccc4C3=O)cs2)cc1. The van der Waals surface area contributed by atoms with E-state index in [1.165, 1.54) is 16.9 Å². The molecule has 0 atom stereocenters. The van der Waals surface area contributed by atoms with Crippen LogP contribution in [0.5, 0.6) is 0 Å². The number of fused-ring (bicyclic) bond motifs is 1. The van der Waals surface area contributed by atoms with Gasteiger partial charge in [0.15, 0.2) is 5.69 Å². The van der Waals surface area contributed by atoms with Crippen LogP contribution in [0.4, 0.5) is 0 Å². The molecule has 7 heteroatoms. The molecule has 6 nitrogen and oxygen atoms in total. The Morgan fingerprint density at radius 1 is 1.03 bits per heavy atom. The van der Waals surface area contributed by atoms with Crippen molar-refractivity contribution in [2.75, 3.05) is 13.2 Å². The van der Waals surface area contributed by atoms with Gasteiger partial charge < -0.3 is 4.74 Å². The van der Waals surface area contributed by atoms with Gasteiger partial charge in [-0.2, -0.15) is 0 Å². The van der Waals surface area contributed by atoms with Crippen LogP contribution in [0.2, 0.25) is 0 Å². The third kappa shape index (κ3) is 3.69. The number of rotatable bonds is 6. The van der Waals surface area contributed by atoms with Crippen molar-refractivity contribution in [3.8, 4) is 10.6 Å². The van der Waals surface area contributed by atoms with E-state index in [9.17, 15) is 14.4 Å². The summed E-state index contributed by atoms with van der Waals surface area (Å²) in [6, 6.07) is 14.7. The van der Waals surface area contributed by atoms with Crippen LogP contribution in [-0.2, 0) is 11.2 Å². The van der Waals surface area contributed by atoms with Crippen molar-refractivity contribution < 1.29 is 19.1 Å². The van der Waals surface area contributed by atoms with Crippen molar-refractivity contribution >= 4 is 29.1 Å². The van der Waals surface area contributed by atoms with Crippen LogP contribution in [0.25, 0.3) is 10.6 Å². The first-order valence-electron chi connectivity index (χ1n) is 9.25. The van der Waals surface area contributed by atoms with Crippen LogP contribution in [-0.4, -0.2) is 40.8 Å². The Kier molecular flexibility index (Phi) is 5.22. The summed E-state index contributed by atoms with van der Waals surface area (Å²) in [6.07, 6.45) is 0.961. The second-order valence-corrected chi connectivity index (χ2v) is 7.39. The molecule has 2 amide bonds. The van der Waals surface area contributed by atoms with E-state index >= 15 is 0 Å². The molecule has 1 aliphatic rings. The summed E-state index contributed by atoms with van der Waals surface area (Å²) in [7, 11) is 0. The molecule has 0 saturated heterocycles. The number of esters is 1. The van der Waals surface area contributed by atoms with E-state index < -0.39 is 5.97 Å². The van der Waals surface area contributed by atoms with Crippen molar-refractivity contribution in [1.29, 1.82) is 0 Å². The summed E-state index contributed by atoms with van der Waals surface area (Å²) >= 11 is 1.36. The molecule has 29 heavy (non-hydrogen) atoms. The molecular formula is C22H18N2O4S. The zero-order valence-corrected chi connectivity index (χ0v) is 16.6. The lowest BCUT2D eigenvalue weighted by Gasteiger charge is -2.13. The summed E-state index contributed by atoms with van der Waals surface area (Å²) in [5, 5.41) is 2.38. The first-order chi connectivity index (χ1) is 14.1. The number of benzene rings is 2. The lowest BCUT2D eigenvalue weighted by Crippen LogP contribution is -2.33. The van der Waals surface area contributed by atoms with Crippen LogP contribution in [0.1, 0.15) is 43.7 Å². The van der Waals surface area contributed by atoms with Gasteiger partial charge in [0.2, 0.25) is 0 Å². The number of hydrogen-bond acceptors (Lipinski definition) is 6. The van der Waals surface area contributed by atoms with Crippen molar-refractivity contribution in [3.63, 3.8) is 0 Å². The molecule has 0 saturated carbocycles. The fraction of sp³-hybridized carbons (Fsp3) is 0.182. The average molecular weight is 406 g/mol. The van der Waals surface area contributed by atoms with E-state index in [1.54, 1.807) is 29.6 Å². The minimum Gasteiger partial charge on any atom is -0.459 e. The molecule has 2 aromatic carbocycles. The third-order valence-electron chi connectivity index (χ3n) is 4.75. The molecule has 0 N–H and O–H groups in total. The summed E-state index contributed by atoms with van der Waals surface area (Å²) in [4.78, 5) is 42.3. The van der Waals surface area contributed by atoms with Gasteiger partial charge in [0.05, 0.1) is 17.7 Å². The molecule has 0 fully saturated rings. The topological polar surface area (TPSA) is 76.6 Å². The summed E-state index contributed by atoms with van der Waals surface area (Å²) in [6.45, 7) is 2.02. The molecule has 0 spiro atoms. The number of thiazole rings is 1. The number of amides is 2. The Hall–Kier alpha value is -3.32. The molecular weight excluding hydrogens is 388 g/mol. The maximum Gasteiger partial charge on any atom is 0.357 e. The molecule has 0 bridgehead atoms. The number of aromatic nitrogens is 1. The number of imide groups is 1. The van der Waals surface area contributed by atoms with Gasteiger partial charge in [0, 0.05) is 10.9 Å². The van der Waals surface area contributed by atoms with Crippen LogP contribution >= 0.6 is 11.3 Å². The first kappa shape index (κ1) is 19.0. The first-order valence-corrected chi connectivity index (χ1v) is 10.1. The molecule has 2 heterocycles. The van der Waals surface area contributed by atoms with Crippen LogP contribution in [0.3, 0.4) is 0 Å². The highest BCUT2D eigenvalue weighted by molar-refractivity contribution is 7.13. The zero-order valence-electron chi connectivity index (χ0n) is 15.8. The Balaban J connectivity index is 1.35. The van der Waals surface area contributed by atoms with Gasteiger partial charge in [-0.05, 0) is 24.1 Å². The van der Waals surface area contributed by atoms with Crippen molar-refractivity contribution in [2.24, 2.45) is 0 Å². The molecule has 1 aliphatic heterocycles. The normalized spacial score (nSPS) is 12.9. The van der Waals surface area contributed by atoms with Crippen LogP contribution in [0.15, 0.2) is 53.9 Å². The lowest BCUT2D eigenvalue weighted by atomic mass is 10.1. The average Bonchev–Trinajstić information content (AvgIpc) is 3.34. The van der Waals surface area contributed by atoms with Gasteiger partial charge in [-0.25, -0.2) is 9.78 Å². The molecule has 3 aromatic rings. The quantitative estimate of drug-likeness (QED) is 0.459. The van der Waals surface area contributed by atoms with E-state index in [2.05, 4.69) is 11.9 Å². The molecule has 0 aliphatic carbocycles. The Bertz CT molecular complexity index is 1050. The monoisotopic (exact) mass is 406 g/mol. The largest absolute Gasteiger partial charge is 0.459 e. The van der Waals surface area contributed by atoms with Crippen molar-refractivity contribution in [3.05, 3.63) is 76.3 Å². The van der Waals surface area contributed by atoms with Crippen LogP contribution < -0.4 is 0 Å². The minimum absolute atomic E-state index is 0.00750. The van der Waals surface area contributed by atoms with Gasteiger partial charge in [-0.3, -0.25) is 14.5 Å². The van der Waals surface area contributed by atoms with Gasteiger partial charge in [0.25, 0.3) is 11.8 Å². The van der Waals surface area contributed by atoms with Crippen molar-refractivity contribution in [1.82, 2.24) is 9.88 Å². The molecule has 0 unspecified atom stereocenters. The molecule has 1 aromatic heterocycles. The van der Waals surface area contributed by atoms with Gasteiger partial charge >= 0.3 is 5.97 Å². The van der Waals surface area contributed by atoms with Gasteiger partial charge in [0.1, 0.15) is 11.6 Å². The number of hydrogen-bond donors (Lipinski definition) is 0. The second kappa shape index (κ2) is 7.97. The second-order valence-electron chi connectivity index (χ2n) is 6.53. The number of aryl methyl sites for hydroxylation is 1. The maximum atomic E-state index is 12.3. The zero-order chi connectivity index (χ0) is 20.4. The standard InChI is InChI=1S/C22H18N2O4S/c1-2-14-7-9-15(10-8-14)19-23-18(13-29-19)22(27)28-12-11-24-20(25)16-5-3-4-6-17(16)21(24)26/h3-10,13H,2,11-12H2,1H3. The maximum absolute atomic E-state index is 12.3. The van der Waals surface area contributed by atoms with Crippen molar-refractivity contribution in [2.45, 2.75) is 13.3 Å². The summed E-state index contributed by atoms with van der Waals surface area (Å²) < 4.78 is 5.23. The van der Waals surface area contributed by atoms with Gasteiger partial charge in [-0.15, -0.1) is 11.3 Å². The van der Waals surface area contributed by atoms with Crippen LogP contribution in [0, 0.1) is 0 Å². The minimum atomic E-state index is -0.575. The number of ether oxygens (including phenoxy) is 1. The van der Waals surface area contributed by atoms with E-state index in [1.807, 2.05) is 24.3 Å². The highest BCUT2D eigenvalue weighted by Gasteiger charge is 2.34. The molecule has 4 rings (SSSR count). The summed E-state index contributed by atoms with van der Waals surface area (Å²) in [5.74, 6) is -1.31. The highest BCUT2D eigenvalue weighted by atomic mass is 32.1. The predicted molar refractivity (Wildman–Crippen MR) is 109 cm³/mol. The molecule has 0 radical (unpaired) electrons. The van der Waals surface area contributed by atoms with E-state index in [-0.39, 0.29) is 30.7 Å². The number of carbonyl (C=O) groups is 3. The van der Waals surface area contributed by atoms with E-state index in [4.69, 9.17) is 4.74 Å². The fourth-order valence-electron chi connectivity index (χ4n) is 3.13. The van der Waals surface area contributed by atoms with E-state index in [0.717, 1.165) is 21.9 Å². The smallest absolute Gasteiger partial charge is 0.357 e. The Morgan fingerprint density at radius 2 is 1.69 bits per heavy atom. The number of carbonyl (C=O) groups excluding carboxylic acids is 3. The third-order valence-corrected chi connectivity index (χ3v) is 5.64. The fourth-order valence-corrected chi connectivity index (χ4v) is 3.92. The van der Waals surface area contributed by atoms with E-state index in [0.29, 0.717) is 11.1 Å². The number of nitrogens with zero attached hydrogens (tertiary/aromatic N) is 2. The molecule has 146 valence electrons. The Morgan fingerprint density at radius 3 is 2.31 bits per heavy atom.